The van der Waals surface area contributed by atoms with Crippen LogP contribution in [0.1, 0.15) is 17.5 Å². The fourth-order valence-corrected chi connectivity index (χ4v) is 1.16. The van der Waals surface area contributed by atoms with Crippen molar-refractivity contribution in [3.63, 3.8) is 0 Å². The summed E-state index contributed by atoms with van der Waals surface area (Å²) in [6.07, 6.45) is 1.34. The minimum atomic E-state index is -0.673. The number of nitrogens with one attached hydrogen (secondary N) is 1. The lowest BCUT2D eigenvalue weighted by molar-refractivity contribution is 0.0511. The number of hydrogen-bond donors (Lipinski definition) is 1. The van der Waals surface area contributed by atoms with Crippen molar-refractivity contribution in [2.75, 3.05) is 6.61 Å². The number of hydrogen-bond acceptors (Lipinski definition) is 5. The molecule has 0 unspecified atom stereocenters. The van der Waals surface area contributed by atoms with Gasteiger partial charge in [-0.15, -0.1) is 0 Å². The van der Waals surface area contributed by atoms with Gasteiger partial charge in [0.05, 0.1) is 12.9 Å². The maximum absolute atomic E-state index is 11.4. The van der Waals surface area contributed by atoms with Crippen LogP contribution in [0.2, 0.25) is 0 Å². The Morgan fingerprint density at radius 1 is 1.67 bits per heavy atom. The molecule has 6 nitrogen and oxygen atoms in total. The van der Waals surface area contributed by atoms with E-state index >= 15 is 0 Å². The fraction of sp³-hybridized carbons (Fsp3) is 0.222. The lowest BCUT2D eigenvalue weighted by Gasteiger charge is -1.99. The molecule has 0 radical (unpaired) electrons. The van der Waals surface area contributed by atoms with E-state index in [0.29, 0.717) is 5.39 Å². The molecule has 2 heterocycles. The molecule has 1 N–H and O–H groups in total. The van der Waals surface area contributed by atoms with Crippen molar-refractivity contribution in [3.8, 4) is 0 Å². The minimum absolute atomic E-state index is 0.127. The van der Waals surface area contributed by atoms with Crippen molar-refractivity contribution in [2.24, 2.45) is 0 Å². The van der Waals surface area contributed by atoms with Gasteiger partial charge < -0.3 is 14.1 Å². The van der Waals surface area contributed by atoms with Gasteiger partial charge in [0.1, 0.15) is 5.39 Å². The normalized spacial score (nSPS) is 10.5. The van der Waals surface area contributed by atoms with Crippen LogP contribution in [0.4, 0.5) is 0 Å². The Hall–Kier alpha value is -2.11. The van der Waals surface area contributed by atoms with Crippen molar-refractivity contribution in [1.82, 2.24) is 9.97 Å². The maximum Gasteiger partial charge on any atom is 0.374 e. The zero-order valence-corrected chi connectivity index (χ0v) is 7.94. The molecule has 0 saturated carbocycles. The summed E-state index contributed by atoms with van der Waals surface area (Å²) in [6, 6.07) is 1.48. The number of rotatable bonds is 2. The van der Waals surface area contributed by atoms with Crippen molar-refractivity contribution in [2.45, 2.75) is 6.92 Å². The molecule has 2 rings (SSSR count). The van der Waals surface area contributed by atoms with Crippen LogP contribution < -0.4 is 5.56 Å². The third-order valence-electron chi connectivity index (χ3n) is 1.80. The highest BCUT2D eigenvalue weighted by Crippen LogP contribution is 2.07. The average Bonchev–Trinajstić information content (AvgIpc) is 2.66. The van der Waals surface area contributed by atoms with Gasteiger partial charge in [-0.1, -0.05) is 0 Å². The van der Waals surface area contributed by atoms with Gasteiger partial charge in [0.2, 0.25) is 11.5 Å². The van der Waals surface area contributed by atoms with Crippen LogP contribution in [0.15, 0.2) is 21.5 Å². The van der Waals surface area contributed by atoms with E-state index in [9.17, 15) is 9.59 Å². The van der Waals surface area contributed by atoms with Gasteiger partial charge in [-0.2, -0.15) is 4.98 Å². The van der Waals surface area contributed by atoms with Crippen LogP contribution >= 0.6 is 0 Å². The lowest BCUT2D eigenvalue weighted by atomic mass is 10.4. The van der Waals surface area contributed by atoms with Gasteiger partial charge >= 0.3 is 5.97 Å². The SMILES string of the molecule is CCOC(=O)c1nc2occc2c(=O)[nH]1. The van der Waals surface area contributed by atoms with Gasteiger partial charge in [-0.25, -0.2) is 4.79 Å². The van der Waals surface area contributed by atoms with E-state index in [1.165, 1.54) is 12.3 Å². The van der Waals surface area contributed by atoms with E-state index in [0.717, 1.165) is 0 Å². The predicted octanol–water partition coefficient (Wildman–Crippen LogP) is 0.693. The molecule has 0 atom stereocenters. The lowest BCUT2D eigenvalue weighted by Crippen LogP contribution is -2.17. The molecule has 0 saturated heterocycles. The molecule has 15 heavy (non-hydrogen) atoms. The number of H-pyrrole nitrogens is 1. The van der Waals surface area contributed by atoms with E-state index in [1.54, 1.807) is 6.92 Å². The first-order valence-corrected chi connectivity index (χ1v) is 4.37. The number of carbonyl (C=O) groups is 1. The topological polar surface area (TPSA) is 85.2 Å². The van der Waals surface area contributed by atoms with Gasteiger partial charge in [-0.3, -0.25) is 4.79 Å². The smallest absolute Gasteiger partial charge is 0.374 e. The standard InChI is InChI=1S/C9H8N2O4/c1-2-14-9(13)6-10-7(12)5-3-4-15-8(5)11-6/h3-4H,2H2,1H3,(H,10,11,12). The van der Waals surface area contributed by atoms with Gasteiger partial charge in [-0.05, 0) is 13.0 Å². The highest BCUT2D eigenvalue weighted by molar-refractivity contribution is 5.87. The van der Waals surface area contributed by atoms with Gasteiger partial charge in [0.25, 0.3) is 5.56 Å². The van der Waals surface area contributed by atoms with Crippen LogP contribution in [0.5, 0.6) is 0 Å². The number of furan rings is 1. The quantitative estimate of drug-likeness (QED) is 0.734. The number of nitrogens with zero attached hydrogens (tertiary/aromatic N) is 1. The molecular formula is C9H8N2O4. The molecule has 0 amide bonds. The summed E-state index contributed by atoms with van der Waals surface area (Å²) in [4.78, 5) is 28.8. The molecule has 0 aliphatic heterocycles. The first-order chi connectivity index (χ1) is 7.22. The maximum atomic E-state index is 11.4. The number of esters is 1. The molecule has 0 bridgehead atoms. The zero-order chi connectivity index (χ0) is 10.8. The molecule has 0 aromatic carbocycles. The summed E-state index contributed by atoms with van der Waals surface area (Å²) < 4.78 is 9.62. The Labute approximate surface area is 83.9 Å². The van der Waals surface area contributed by atoms with E-state index in [-0.39, 0.29) is 18.1 Å². The monoisotopic (exact) mass is 208 g/mol. The summed E-state index contributed by atoms with van der Waals surface area (Å²) in [6.45, 7) is 1.89. The summed E-state index contributed by atoms with van der Waals surface area (Å²) in [7, 11) is 0. The molecule has 0 spiro atoms. The van der Waals surface area contributed by atoms with Crippen LogP contribution in [0.25, 0.3) is 11.1 Å². The van der Waals surface area contributed by atoms with E-state index in [4.69, 9.17) is 9.15 Å². The Kier molecular flexibility index (Phi) is 2.24. The summed E-state index contributed by atoms with van der Waals surface area (Å²) >= 11 is 0. The first kappa shape index (κ1) is 9.45. The van der Waals surface area contributed by atoms with Crippen molar-refractivity contribution >= 4 is 17.1 Å². The minimum Gasteiger partial charge on any atom is -0.460 e. The molecule has 0 aliphatic rings. The summed E-state index contributed by atoms with van der Waals surface area (Å²) in [5, 5.41) is 0.308. The number of aromatic amines is 1. The Morgan fingerprint density at radius 2 is 2.47 bits per heavy atom. The average molecular weight is 208 g/mol. The molecule has 0 aliphatic carbocycles. The summed E-state index contributed by atoms with van der Waals surface area (Å²) in [5.41, 5.74) is -0.293. The van der Waals surface area contributed by atoms with Crippen molar-refractivity contribution in [3.05, 3.63) is 28.5 Å². The van der Waals surface area contributed by atoms with Gasteiger partial charge in [0, 0.05) is 0 Å². The van der Waals surface area contributed by atoms with E-state index < -0.39 is 11.5 Å². The Balaban J connectivity index is 2.54. The highest BCUT2D eigenvalue weighted by atomic mass is 16.5. The number of ether oxygens (including phenoxy) is 1. The largest absolute Gasteiger partial charge is 0.460 e. The third kappa shape index (κ3) is 1.61. The van der Waals surface area contributed by atoms with E-state index in [1.807, 2.05) is 0 Å². The second-order valence-electron chi connectivity index (χ2n) is 2.77. The number of carbonyl (C=O) groups excluding carboxylic acids is 1. The molecular weight excluding hydrogens is 200 g/mol. The fourth-order valence-electron chi connectivity index (χ4n) is 1.16. The number of fused-ring (bicyclic) bond motifs is 1. The zero-order valence-electron chi connectivity index (χ0n) is 7.94. The van der Waals surface area contributed by atoms with Crippen LogP contribution in [0.3, 0.4) is 0 Å². The summed E-state index contributed by atoms with van der Waals surface area (Å²) in [5.74, 6) is -0.822. The van der Waals surface area contributed by atoms with Crippen molar-refractivity contribution < 1.29 is 13.9 Å². The van der Waals surface area contributed by atoms with Crippen molar-refractivity contribution in [1.29, 1.82) is 0 Å². The Bertz CT molecular complexity index is 554. The van der Waals surface area contributed by atoms with E-state index in [2.05, 4.69) is 9.97 Å². The first-order valence-electron chi connectivity index (χ1n) is 4.37. The number of aromatic nitrogens is 2. The van der Waals surface area contributed by atoms with Crippen LogP contribution in [0, 0.1) is 0 Å². The van der Waals surface area contributed by atoms with Gasteiger partial charge in [0.15, 0.2) is 0 Å². The predicted molar refractivity (Wildman–Crippen MR) is 50.6 cm³/mol. The molecule has 2 aromatic rings. The molecule has 6 heteroatoms. The Morgan fingerprint density at radius 3 is 3.20 bits per heavy atom. The highest BCUT2D eigenvalue weighted by Gasteiger charge is 2.13. The molecule has 0 fully saturated rings. The molecule has 78 valence electrons. The molecule has 2 aromatic heterocycles. The third-order valence-corrected chi connectivity index (χ3v) is 1.80. The second kappa shape index (κ2) is 3.56. The second-order valence-corrected chi connectivity index (χ2v) is 2.77. The van der Waals surface area contributed by atoms with Crippen LogP contribution in [-0.2, 0) is 4.74 Å². The van der Waals surface area contributed by atoms with Crippen LogP contribution in [-0.4, -0.2) is 22.5 Å².